The van der Waals surface area contributed by atoms with Crippen LogP contribution in [0.3, 0.4) is 0 Å². The molecule has 0 spiro atoms. The first kappa shape index (κ1) is 59.5. The molecule has 0 atom stereocenters. The smallest absolute Gasteiger partial charge is 0.305 e. The van der Waals surface area contributed by atoms with E-state index in [9.17, 15) is 9.59 Å². The van der Waals surface area contributed by atoms with Gasteiger partial charge in [-0.15, -0.1) is 0 Å². The van der Waals surface area contributed by atoms with E-state index in [2.05, 4.69) is 6.92 Å². The maximum Gasteiger partial charge on any atom is 0.305 e. The van der Waals surface area contributed by atoms with E-state index >= 15 is 0 Å². The van der Waals surface area contributed by atoms with E-state index in [-0.39, 0.29) is 25.2 Å². The van der Waals surface area contributed by atoms with Crippen molar-refractivity contribution in [3.05, 3.63) is 0 Å². The Morgan fingerprint density at radius 3 is 0.656 bits per heavy atom. The van der Waals surface area contributed by atoms with Crippen LogP contribution in [0.4, 0.5) is 0 Å². The molecule has 0 aromatic heterocycles. The molecule has 61 heavy (non-hydrogen) atoms. The van der Waals surface area contributed by atoms with Gasteiger partial charge in [0, 0.05) is 12.8 Å². The van der Waals surface area contributed by atoms with Gasteiger partial charge in [0.25, 0.3) is 0 Å². The molecule has 0 bridgehead atoms. The summed E-state index contributed by atoms with van der Waals surface area (Å²) in [6, 6.07) is 0. The summed E-state index contributed by atoms with van der Waals surface area (Å²) in [5.41, 5.74) is 0. The second-order valence-corrected chi connectivity index (χ2v) is 14.6. The first-order valence-corrected chi connectivity index (χ1v) is 23.9. The van der Waals surface area contributed by atoms with Crippen LogP contribution < -0.4 is 0 Å². The standard InChI is InChI=1S/C46H90O15/c1-3-5-6-7-8-9-10-11-12-13-14-15-16-17-18-20-46(48)61-44-42-59-40-38-57-36-34-55-32-30-53-28-26-51-24-22-49-21-23-50-25-27-52-29-31-54-33-35-56-37-39-58-41-43-60-45(47)19-4-2/h3-44H2,1-2H3. The van der Waals surface area contributed by atoms with Crippen LogP contribution in [-0.2, 0) is 71.2 Å². The van der Waals surface area contributed by atoms with Crippen LogP contribution in [0.5, 0.6) is 0 Å². The third-order valence-electron chi connectivity index (χ3n) is 9.14. The second-order valence-electron chi connectivity index (χ2n) is 14.6. The Labute approximate surface area is 370 Å². The number of rotatable bonds is 54. The Morgan fingerprint density at radius 2 is 0.426 bits per heavy atom. The van der Waals surface area contributed by atoms with Crippen molar-refractivity contribution < 1.29 is 71.2 Å². The molecular weight excluding hydrogens is 792 g/mol. The summed E-state index contributed by atoms with van der Waals surface area (Å²) in [7, 11) is 0. The summed E-state index contributed by atoms with van der Waals surface area (Å²) >= 11 is 0. The van der Waals surface area contributed by atoms with Gasteiger partial charge in [0.15, 0.2) is 0 Å². The predicted molar refractivity (Wildman–Crippen MR) is 235 cm³/mol. The highest BCUT2D eigenvalue weighted by atomic mass is 16.6. The highest BCUT2D eigenvalue weighted by Gasteiger charge is 2.04. The Bertz CT molecular complexity index is 854. The summed E-state index contributed by atoms with van der Waals surface area (Å²) in [5.74, 6) is -0.324. The maximum absolute atomic E-state index is 11.9. The van der Waals surface area contributed by atoms with Crippen molar-refractivity contribution in [1.29, 1.82) is 0 Å². The maximum atomic E-state index is 11.9. The minimum atomic E-state index is -0.190. The first-order valence-electron chi connectivity index (χ1n) is 23.9. The molecule has 0 N–H and O–H groups in total. The minimum Gasteiger partial charge on any atom is -0.463 e. The van der Waals surface area contributed by atoms with Gasteiger partial charge in [-0.2, -0.15) is 0 Å². The molecule has 0 radical (unpaired) electrons. The summed E-state index contributed by atoms with van der Waals surface area (Å²) in [4.78, 5) is 23.1. The van der Waals surface area contributed by atoms with Crippen LogP contribution in [0.25, 0.3) is 0 Å². The number of hydrogen-bond donors (Lipinski definition) is 0. The lowest BCUT2D eigenvalue weighted by molar-refractivity contribution is -0.146. The van der Waals surface area contributed by atoms with Crippen LogP contribution in [0.1, 0.15) is 129 Å². The molecule has 0 amide bonds. The van der Waals surface area contributed by atoms with Crippen molar-refractivity contribution in [1.82, 2.24) is 0 Å². The first-order chi connectivity index (χ1) is 30.2. The van der Waals surface area contributed by atoms with E-state index in [0.717, 1.165) is 19.3 Å². The quantitative estimate of drug-likeness (QED) is 0.0443. The SMILES string of the molecule is CCCCCCCCCCCCCCCCCC(=O)OCCOCCOCCOCCOCCOCCOCCOCCOCCOCCOCCOCCOC(=O)CCC. The van der Waals surface area contributed by atoms with Gasteiger partial charge in [0.2, 0.25) is 0 Å². The fourth-order valence-corrected chi connectivity index (χ4v) is 5.72. The highest BCUT2D eigenvalue weighted by Crippen LogP contribution is 2.14. The molecular formula is C46H90O15. The molecule has 0 aliphatic rings. The molecule has 0 saturated heterocycles. The van der Waals surface area contributed by atoms with Gasteiger partial charge in [-0.25, -0.2) is 0 Å². The van der Waals surface area contributed by atoms with Crippen LogP contribution in [0.15, 0.2) is 0 Å². The Balaban J connectivity index is 3.13. The number of carbonyl (C=O) groups is 2. The number of unbranched alkanes of at least 4 members (excludes halogenated alkanes) is 14. The van der Waals surface area contributed by atoms with E-state index in [0.29, 0.717) is 158 Å². The number of ether oxygens (including phenoxy) is 13. The van der Waals surface area contributed by atoms with Gasteiger partial charge >= 0.3 is 11.9 Å². The van der Waals surface area contributed by atoms with Gasteiger partial charge < -0.3 is 61.6 Å². The molecule has 0 saturated carbocycles. The topological polar surface area (TPSA) is 154 Å². The van der Waals surface area contributed by atoms with E-state index in [4.69, 9.17) is 61.6 Å². The fourth-order valence-electron chi connectivity index (χ4n) is 5.72. The molecule has 0 aromatic rings. The zero-order chi connectivity index (χ0) is 44.0. The largest absolute Gasteiger partial charge is 0.463 e. The van der Waals surface area contributed by atoms with E-state index < -0.39 is 0 Å². The number of esters is 2. The minimum absolute atomic E-state index is 0.134. The molecule has 15 nitrogen and oxygen atoms in total. The number of carbonyl (C=O) groups excluding carboxylic acids is 2. The predicted octanol–water partition coefficient (Wildman–Crippen LogP) is 7.32. The Hall–Kier alpha value is -1.50. The van der Waals surface area contributed by atoms with Gasteiger partial charge in [0.05, 0.1) is 145 Å². The Morgan fingerprint density at radius 1 is 0.230 bits per heavy atom. The zero-order valence-electron chi connectivity index (χ0n) is 38.8. The number of hydrogen-bond acceptors (Lipinski definition) is 15. The van der Waals surface area contributed by atoms with E-state index in [1.54, 1.807) is 0 Å². The molecule has 0 rings (SSSR count). The summed E-state index contributed by atoms with van der Waals surface area (Å²) in [5, 5.41) is 0. The lowest BCUT2D eigenvalue weighted by atomic mass is 10.0. The van der Waals surface area contributed by atoms with Crippen molar-refractivity contribution in [2.45, 2.75) is 129 Å². The average molecular weight is 883 g/mol. The van der Waals surface area contributed by atoms with Gasteiger partial charge in [-0.1, -0.05) is 104 Å². The van der Waals surface area contributed by atoms with Crippen LogP contribution in [0.2, 0.25) is 0 Å². The Kier molecular flexibility index (Phi) is 53.3. The van der Waals surface area contributed by atoms with E-state index in [1.165, 1.54) is 83.5 Å². The molecule has 15 heteroatoms. The summed E-state index contributed by atoms with van der Waals surface area (Å²) in [6.45, 7) is 15.1. The molecule has 0 aliphatic heterocycles. The normalized spacial score (nSPS) is 11.4. The van der Waals surface area contributed by atoms with Crippen molar-refractivity contribution in [3.63, 3.8) is 0 Å². The van der Waals surface area contributed by atoms with Crippen LogP contribution in [0, 0.1) is 0 Å². The molecule has 0 fully saturated rings. The monoisotopic (exact) mass is 883 g/mol. The summed E-state index contributed by atoms with van der Waals surface area (Å²) < 4.78 is 70.5. The van der Waals surface area contributed by atoms with Crippen LogP contribution in [-0.4, -0.2) is 171 Å². The zero-order valence-corrected chi connectivity index (χ0v) is 38.8. The molecule has 0 aliphatic carbocycles. The van der Waals surface area contributed by atoms with Crippen LogP contribution >= 0.6 is 0 Å². The van der Waals surface area contributed by atoms with Crippen molar-refractivity contribution >= 4 is 11.9 Å². The van der Waals surface area contributed by atoms with Crippen molar-refractivity contribution in [3.8, 4) is 0 Å². The molecule has 0 unspecified atom stereocenters. The van der Waals surface area contributed by atoms with E-state index in [1.807, 2.05) is 6.92 Å². The summed E-state index contributed by atoms with van der Waals surface area (Å²) in [6.07, 6.45) is 21.4. The average Bonchev–Trinajstić information content (AvgIpc) is 3.26. The third-order valence-corrected chi connectivity index (χ3v) is 9.14. The van der Waals surface area contributed by atoms with Crippen molar-refractivity contribution in [2.24, 2.45) is 0 Å². The van der Waals surface area contributed by atoms with Gasteiger partial charge in [-0.05, 0) is 12.8 Å². The molecule has 0 aromatic carbocycles. The molecule has 364 valence electrons. The third kappa shape index (κ3) is 54.6. The van der Waals surface area contributed by atoms with Gasteiger partial charge in [-0.3, -0.25) is 9.59 Å². The highest BCUT2D eigenvalue weighted by molar-refractivity contribution is 5.69. The lowest BCUT2D eigenvalue weighted by Crippen LogP contribution is -2.16. The molecule has 0 heterocycles. The van der Waals surface area contributed by atoms with Gasteiger partial charge in [0.1, 0.15) is 13.2 Å². The van der Waals surface area contributed by atoms with Crippen molar-refractivity contribution in [2.75, 3.05) is 159 Å². The lowest BCUT2D eigenvalue weighted by Gasteiger charge is -2.09. The fraction of sp³-hybridized carbons (Fsp3) is 0.957. The second kappa shape index (κ2) is 54.6.